The summed E-state index contributed by atoms with van der Waals surface area (Å²) in [4.78, 5) is 44.1. The Morgan fingerprint density at radius 3 is 2.56 bits per heavy atom. The van der Waals surface area contributed by atoms with E-state index in [2.05, 4.69) is 17.2 Å². The molecule has 0 bridgehead atoms. The van der Waals surface area contributed by atoms with E-state index in [0.717, 1.165) is 23.9 Å². The fourth-order valence-electron chi connectivity index (χ4n) is 3.92. The van der Waals surface area contributed by atoms with Crippen LogP contribution in [0.3, 0.4) is 0 Å². The molecule has 1 atom stereocenters. The number of hydrogen-bond acceptors (Lipinski definition) is 5. The molecule has 4 rings (SSSR count). The third-order valence-corrected chi connectivity index (χ3v) is 5.48. The van der Waals surface area contributed by atoms with Gasteiger partial charge in [0.25, 0.3) is 5.91 Å². The van der Waals surface area contributed by atoms with Crippen LogP contribution in [-0.4, -0.2) is 40.5 Å². The monoisotopic (exact) mass is 434 g/mol. The topological polar surface area (TPSA) is 93.5 Å². The Bertz CT molecular complexity index is 1150. The molecule has 0 aliphatic carbocycles. The van der Waals surface area contributed by atoms with Gasteiger partial charge in [0.2, 0.25) is 11.9 Å². The van der Waals surface area contributed by atoms with Crippen molar-refractivity contribution in [3.63, 3.8) is 0 Å². The molecule has 1 N–H and O–H groups in total. The van der Waals surface area contributed by atoms with E-state index < -0.39 is 12.0 Å². The summed E-state index contributed by atoms with van der Waals surface area (Å²) in [5.74, 6) is -0.206. The highest BCUT2D eigenvalue weighted by Crippen LogP contribution is 2.36. The third kappa shape index (κ3) is 4.08. The maximum atomic E-state index is 13.2. The number of esters is 1. The number of aromatic nitrogens is 2. The van der Waals surface area contributed by atoms with Crippen molar-refractivity contribution >= 4 is 40.5 Å². The number of carbonyl (C=O) groups excluding carboxylic acids is 3. The molecule has 8 heteroatoms. The summed E-state index contributed by atoms with van der Waals surface area (Å²) >= 11 is 0. The van der Waals surface area contributed by atoms with Gasteiger partial charge in [0.1, 0.15) is 6.04 Å². The molecule has 2 aromatic carbocycles. The Labute approximate surface area is 186 Å². The molecular formula is C24H26N4O4. The molecule has 0 radical (unpaired) electrons. The van der Waals surface area contributed by atoms with Crippen LogP contribution in [0.4, 0.5) is 11.6 Å². The van der Waals surface area contributed by atoms with E-state index in [1.807, 2.05) is 28.8 Å². The van der Waals surface area contributed by atoms with E-state index in [-0.39, 0.29) is 18.2 Å². The van der Waals surface area contributed by atoms with Crippen molar-refractivity contribution in [2.24, 2.45) is 0 Å². The Morgan fingerprint density at radius 2 is 1.84 bits per heavy atom. The highest BCUT2D eigenvalue weighted by molar-refractivity contribution is 6.05. The quantitative estimate of drug-likeness (QED) is 0.542. The van der Waals surface area contributed by atoms with Crippen LogP contribution in [0.5, 0.6) is 0 Å². The smallest absolute Gasteiger partial charge is 0.338 e. The largest absolute Gasteiger partial charge is 0.462 e. The summed E-state index contributed by atoms with van der Waals surface area (Å²) in [5, 5.41) is 2.82. The van der Waals surface area contributed by atoms with Gasteiger partial charge >= 0.3 is 5.97 Å². The van der Waals surface area contributed by atoms with E-state index in [0.29, 0.717) is 30.4 Å². The average molecular weight is 434 g/mol. The Kier molecular flexibility index (Phi) is 6.20. The van der Waals surface area contributed by atoms with Crippen LogP contribution in [0.1, 0.15) is 49.5 Å². The standard InChI is InChI=1S/C24H26N4O4/c1-3-5-14-27-22(30)20(28-19-9-7-6-8-18(19)26-24(27)28)15-21(29)25-17-12-10-16(11-13-17)23(31)32-4-2/h6-13,20H,3-5,14-15H2,1-2H3,(H,25,29)/t20-/m1/s1. The Hall–Kier alpha value is -3.68. The lowest BCUT2D eigenvalue weighted by Crippen LogP contribution is -2.32. The van der Waals surface area contributed by atoms with Crippen LogP contribution in [0.25, 0.3) is 11.0 Å². The first-order chi connectivity index (χ1) is 15.5. The number of ether oxygens (including phenoxy) is 1. The number of benzene rings is 2. The normalized spacial score (nSPS) is 15.1. The second-order valence-corrected chi connectivity index (χ2v) is 7.68. The summed E-state index contributed by atoms with van der Waals surface area (Å²) < 4.78 is 6.84. The lowest BCUT2D eigenvalue weighted by Gasteiger charge is -2.15. The lowest BCUT2D eigenvalue weighted by atomic mass is 10.1. The molecule has 1 aromatic heterocycles. The van der Waals surface area contributed by atoms with Gasteiger partial charge < -0.3 is 10.1 Å². The fourth-order valence-corrected chi connectivity index (χ4v) is 3.92. The van der Waals surface area contributed by atoms with Crippen LogP contribution < -0.4 is 10.2 Å². The number of fused-ring (bicyclic) bond motifs is 3. The van der Waals surface area contributed by atoms with E-state index in [9.17, 15) is 14.4 Å². The number of nitrogens with one attached hydrogen (secondary N) is 1. The predicted molar refractivity (Wildman–Crippen MR) is 122 cm³/mol. The van der Waals surface area contributed by atoms with Crippen molar-refractivity contribution in [1.82, 2.24) is 9.55 Å². The molecule has 1 aliphatic rings. The van der Waals surface area contributed by atoms with Crippen molar-refractivity contribution in [3.8, 4) is 0 Å². The minimum Gasteiger partial charge on any atom is -0.462 e. The number of unbranched alkanes of at least 4 members (excludes halogenated alkanes) is 1. The first-order valence-corrected chi connectivity index (χ1v) is 10.9. The van der Waals surface area contributed by atoms with E-state index in [1.165, 1.54) is 0 Å². The molecule has 3 aromatic rings. The highest BCUT2D eigenvalue weighted by atomic mass is 16.5. The van der Waals surface area contributed by atoms with E-state index in [4.69, 9.17) is 4.74 Å². The van der Waals surface area contributed by atoms with E-state index >= 15 is 0 Å². The zero-order valence-corrected chi connectivity index (χ0v) is 18.2. The molecule has 0 saturated carbocycles. The maximum absolute atomic E-state index is 13.2. The zero-order chi connectivity index (χ0) is 22.7. The van der Waals surface area contributed by atoms with Crippen molar-refractivity contribution in [1.29, 1.82) is 0 Å². The van der Waals surface area contributed by atoms with Crippen molar-refractivity contribution in [3.05, 3.63) is 54.1 Å². The van der Waals surface area contributed by atoms with Gasteiger partial charge in [0.05, 0.1) is 29.6 Å². The zero-order valence-electron chi connectivity index (χ0n) is 18.2. The molecule has 2 amide bonds. The van der Waals surface area contributed by atoms with Gasteiger partial charge in [-0.25, -0.2) is 9.78 Å². The van der Waals surface area contributed by atoms with Gasteiger partial charge in [-0.2, -0.15) is 0 Å². The SMILES string of the molecule is CCCCN1C(=O)[C@@H](CC(=O)Nc2ccc(C(=O)OCC)cc2)n2c1nc1ccccc12. The van der Waals surface area contributed by atoms with Gasteiger partial charge in [0, 0.05) is 12.2 Å². The molecule has 2 heterocycles. The molecule has 32 heavy (non-hydrogen) atoms. The number of carbonyl (C=O) groups is 3. The second-order valence-electron chi connectivity index (χ2n) is 7.68. The molecule has 0 saturated heterocycles. The predicted octanol–water partition coefficient (Wildman–Crippen LogP) is 3.93. The maximum Gasteiger partial charge on any atom is 0.338 e. The van der Waals surface area contributed by atoms with Crippen LogP contribution in [0.15, 0.2) is 48.5 Å². The minimum absolute atomic E-state index is 0.00552. The summed E-state index contributed by atoms with van der Waals surface area (Å²) in [5.41, 5.74) is 2.60. The van der Waals surface area contributed by atoms with Crippen LogP contribution in [0.2, 0.25) is 0 Å². The number of para-hydroxylation sites is 2. The molecule has 0 fully saturated rings. The molecule has 0 unspecified atom stereocenters. The number of nitrogens with zero attached hydrogens (tertiary/aromatic N) is 3. The summed E-state index contributed by atoms with van der Waals surface area (Å²) in [6, 6.07) is 13.5. The highest BCUT2D eigenvalue weighted by Gasteiger charge is 2.40. The molecule has 1 aliphatic heterocycles. The van der Waals surface area contributed by atoms with E-state index in [1.54, 1.807) is 36.1 Å². The van der Waals surface area contributed by atoms with Gasteiger partial charge in [-0.3, -0.25) is 19.1 Å². The van der Waals surface area contributed by atoms with Crippen LogP contribution in [0, 0.1) is 0 Å². The summed E-state index contributed by atoms with van der Waals surface area (Å²) in [7, 11) is 0. The number of rotatable bonds is 8. The molecule has 166 valence electrons. The van der Waals surface area contributed by atoms with Crippen molar-refractivity contribution in [2.45, 2.75) is 39.2 Å². The summed E-state index contributed by atoms with van der Waals surface area (Å²) in [6.07, 6.45) is 1.81. The Morgan fingerprint density at radius 1 is 1.09 bits per heavy atom. The number of anilines is 2. The third-order valence-electron chi connectivity index (χ3n) is 5.48. The molecule has 8 nitrogen and oxygen atoms in total. The Balaban J connectivity index is 1.53. The fraction of sp³-hybridized carbons (Fsp3) is 0.333. The minimum atomic E-state index is -0.645. The average Bonchev–Trinajstić information content (AvgIpc) is 3.28. The number of imidazole rings is 1. The van der Waals surface area contributed by atoms with Crippen LogP contribution in [-0.2, 0) is 14.3 Å². The van der Waals surface area contributed by atoms with Gasteiger partial charge in [0.15, 0.2) is 0 Å². The van der Waals surface area contributed by atoms with Crippen LogP contribution >= 0.6 is 0 Å². The number of hydrogen-bond donors (Lipinski definition) is 1. The summed E-state index contributed by atoms with van der Waals surface area (Å²) in [6.45, 7) is 4.69. The number of amides is 2. The van der Waals surface area contributed by atoms with Gasteiger partial charge in [-0.15, -0.1) is 0 Å². The second kappa shape index (κ2) is 9.21. The molecule has 0 spiro atoms. The first kappa shape index (κ1) is 21.5. The first-order valence-electron chi connectivity index (χ1n) is 10.9. The lowest BCUT2D eigenvalue weighted by molar-refractivity contribution is -0.124. The van der Waals surface area contributed by atoms with Gasteiger partial charge in [-0.05, 0) is 49.7 Å². The molecular weight excluding hydrogens is 408 g/mol. The van der Waals surface area contributed by atoms with Gasteiger partial charge in [-0.1, -0.05) is 25.5 Å². The van der Waals surface area contributed by atoms with Crippen molar-refractivity contribution < 1.29 is 19.1 Å². The van der Waals surface area contributed by atoms with Crippen molar-refractivity contribution in [2.75, 3.05) is 23.4 Å².